The van der Waals surface area contributed by atoms with Crippen molar-refractivity contribution in [2.24, 2.45) is 0 Å². The Morgan fingerprint density at radius 1 is 1.50 bits per heavy atom. The second kappa shape index (κ2) is 5.61. The lowest BCUT2D eigenvalue weighted by atomic mass is 10.1. The van der Waals surface area contributed by atoms with Crippen molar-refractivity contribution >= 4 is 26.8 Å². The molecule has 3 nitrogen and oxygen atoms in total. The summed E-state index contributed by atoms with van der Waals surface area (Å²) < 4.78 is 14.7. The Labute approximate surface area is 113 Å². The normalized spacial score (nSPS) is 12.8. The number of aromatic nitrogens is 2. The van der Waals surface area contributed by atoms with E-state index in [0.717, 1.165) is 17.3 Å². The zero-order chi connectivity index (χ0) is 13.1. The summed E-state index contributed by atoms with van der Waals surface area (Å²) in [5, 5.41) is 0.477. The van der Waals surface area contributed by atoms with E-state index in [4.69, 9.17) is 0 Å². The first-order valence-corrected chi connectivity index (χ1v) is 6.74. The van der Waals surface area contributed by atoms with Crippen LogP contribution in [0.25, 0.3) is 10.9 Å². The molecular weight excluding hydrogens is 299 g/mol. The van der Waals surface area contributed by atoms with Gasteiger partial charge in [-0.15, -0.1) is 0 Å². The second-order valence-electron chi connectivity index (χ2n) is 4.22. The molecule has 1 atom stereocenters. The lowest BCUT2D eigenvalue weighted by molar-refractivity contribution is 0.301. The van der Waals surface area contributed by atoms with Crippen molar-refractivity contribution in [1.29, 1.82) is 0 Å². The highest BCUT2D eigenvalue weighted by Crippen LogP contribution is 2.22. The molecule has 0 spiro atoms. The summed E-state index contributed by atoms with van der Waals surface area (Å²) in [4.78, 5) is 18.5. The standard InChI is InChI=1S/C13H14BrFN2O/c1-2-3-4-10(15)12-16-11-7-8(14)5-6-9(11)13(18)17-12/h5-7,10H,2-4H2,1H3,(H,16,17,18). The molecule has 1 aromatic carbocycles. The van der Waals surface area contributed by atoms with Gasteiger partial charge in [0.05, 0.1) is 10.9 Å². The molecule has 1 heterocycles. The number of halogens is 2. The van der Waals surface area contributed by atoms with Crippen LogP contribution in [-0.2, 0) is 0 Å². The van der Waals surface area contributed by atoms with Crippen molar-refractivity contribution < 1.29 is 4.39 Å². The summed E-state index contributed by atoms with van der Waals surface area (Å²) in [6.45, 7) is 2.00. The van der Waals surface area contributed by atoms with Crippen molar-refractivity contribution in [1.82, 2.24) is 9.97 Å². The number of benzene rings is 1. The van der Waals surface area contributed by atoms with Crippen LogP contribution in [0.15, 0.2) is 27.5 Å². The molecule has 1 aromatic heterocycles. The summed E-state index contributed by atoms with van der Waals surface area (Å²) in [5.74, 6) is 0.124. The van der Waals surface area contributed by atoms with Crippen LogP contribution >= 0.6 is 15.9 Å². The lowest BCUT2D eigenvalue weighted by Crippen LogP contribution is -2.13. The minimum Gasteiger partial charge on any atom is -0.308 e. The van der Waals surface area contributed by atoms with Gasteiger partial charge in [-0.1, -0.05) is 35.7 Å². The average molecular weight is 313 g/mol. The summed E-state index contributed by atoms with van der Waals surface area (Å²) in [5.41, 5.74) is 0.226. The van der Waals surface area contributed by atoms with Gasteiger partial charge in [-0.25, -0.2) is 9.37 Å². The molecule has 0 fully saturated rings. The van der Waals surface area contributed by atoms with Gasteiger partial charge in [-0.05, 0) is 24.6 Å². The molecule has 0 radical (unpaired) electrons. The van der Waals surface area contributed by atoms with Gasteiger partial charge in [-0.2, -0.15) is 0 Å². The number of nitrogens with one attached hydrogen (secondary N) is 1. The minimum absolute atomic E-state index is 0.124. The summed E-state index contributed by atoms with van der Waals surface area (Å²) in [6, 6.07) is 5.16. The van der Waals surface area contributed by atoms with Crippen LogP contribution in [0.1, 0.15) is 38.2 Å². The maximum absolute atomic E-state index is 13.9. The molecule has 0 saturated carbocycles. The Hall–Kier alpha value is -1.23. The average Bonchev–Trinajstić information content (AvgIpc) is 2.35. The molecule has 96 valence electrons. The van der Waals surface area contributed by atoms with Gasteiger partial charge in [-0.3, -0.25) is 4.79 Å². The Balaban J connectivity index is 2.44. The number of alkyl halides is 1. The van der Waals surface area contributed by atoms with Gasteiger partial charge in [0.25, 0.3) is 5.56 Å². The van der Waals surface area contributed by atoms with Crippen molar-refractivity contribution in [3.8, 4) is 0 Å². The zero-order valence-electron chi connectivity index (χ0n) is 10.0. The maximum atomic E-state index is 13.9. The maximum Gasteiger partial charge on any atom is 0.258 e. The zero-order valence-corrected chi connectivity index (χ0v) is 11.6. The van der Waals surface area contributed by atoms with E-state index in [1.54, 1.807) is 18.2 Å². The predicted octanol–water partition coefficient (Wildman–Crippen LogP) is 3.89. The quantitative estimate of drug-likeness (QED) is 0.931. The van der Waals surface area contributed by atoms with Gasteiger partial charge in [0.1, 0.15) is 5.82 Å². The molecule has 5 heteroatoms. The topological polar surface area (TPSA) is 45.8 Å². The number of fused-ring (bicyclic) bond motifs is 1. The van der Waals surface area contributed by atoms with Crippen LogP contribution in [-0.4, -0.2) is 9.97 Å². The lowest BCUT2D eigenvalue weighted by Gasteiger charge is -2.07. The molecule has 0 amide bonds. The van der Waals surface area contributed by atoms with Crippen LogP contribution in [0, 0.1) is 0 Å². The highest BCUT2D eigenvalue weighted by Gasteiger charge is 2.13. The highest BCUT2D eigenvalue weighted by atomic mass is 79.9. The predicted molar refractivity (Wildman–Crippen MR) is 73.4 cm³/mol. The Morgan fingerprint density at radius 2 is 2.28 bits per heavy atom. The number of nitrogens with zero attached hydrogens (tertiary/aromatic N) is 1. The van der Waals surface area contributed by atoms with E-state index in [1.807, 2.05) is 6.92 Å². The first-order chi connectivity index (χ1) is 8.61. The number of aromatic amines is 1. The molecule has 0 aliphatic carbocycles. The van der Waals surface area contributed by atoms with Gasteiger partial charge in [0.15, 0.2) is 6.17 Å². The Kier molecular flexibility index (Phi) is 4.11. The molecule has 1 N–H and O–H groups in total. The fourth-order valence-corrected chi connectivity index (χ4v) is 2.15. The third kappa shape index (κ3) is 2.77. The smallest absolute Gasteiger partial charge is 0.258 e. The van der Waals surface area contributed by atoms with E-state index >= 15 is 0 Å². The van der Waals surface area contributed by atoms with Crippen LogP contribution in [0.5, 0.6) is 0 Å². The van der Waals surface area contributed by atoms with Crippen LogP contribution in [0.3, 0.4) is 0 Å². The monoisotopic (exact) mass is 312 g/mol. The Bertz CT molecular complexity index is 611. The van der Waals surface area contributed by atoms with Crippen molar-refractivity contribution in [3.05, 3.63) is 38.9 Å². The van der Waals surface area contributed by atoms with Gasteiger partial charge >= 0.3 is 0 Å². The molecule has 2 aromatic rings. The number of rotatable bonds is 4. The molecule has 0 saturated heterocycles. The molecule has 1 unspecified atom stereocenters. The second-order valence-corrected chi connectivity index (χ2v) is 5.14. The van der Waals surface area contributed by atoms with E-state index in [-0.39, 0.29) is 11.4 Å². The van der Waals surface area contributed by atoms with E-state index in [1.165, 1.54) is 0 Å². The largest absolute Gasteiger partial charge is 0.308 e. The first-order valence-electron chi connectivity index (χ1n) is 5.95. The van der Waals surface area contributed by atoms with Crippen molar-refractivity contribution in [2.45, 2.75) is 32.4 Å². The third-order valence-corrected chi connectivity index (χ3v) is 3.29. The SMILES string of the molecule is CCCCC(F)c1nc2cc(Br)ccc2c(=O)[nH]1. The minimum atomic E-state index is -1.21. The molecule has 18 heavy (non-hydrogen) atoms. The summed E-state index contributed by atoms with van der Waals surface area (Å²) in [6.07, 6.45) is 0.880. The number of H-pyrrole nitrogens is 1. The first kappa shape index (κ1) is 13.2. The van der Waals surface area contributed by atoms with Crippen molar-refractivity contribution in [2.75, 3.05) is 0 Å². The van der Waals surface area contributed by atoms with Gasteiger partial charge in [0, 0.05) is 4.47 Å². The van der Waals surface area contributed by atoms with Crippen molar-refractivity contribution in [3.63, 3.8) is 0 Å². The fourth-order valence-electron chi connectivity index (χ4n) is 1.80. The molecule has 0 aliphatic rings. The highest BCUT2D eigenvalue weighted by molar-refractivity contribution is 9.10. The van der Waals surface area contributed by atoms with Crippen LogP contribution < -0.4 is 5.56 Å². The molecule has 2 rings (SSSR count). The summed E-state index contributed by atoms with van der Waals surface area (Å²) in [7, 11) is 0. The van der Waals surface area contributed by atoms with E-state index < -0.39 is 6.17 Å². The Morgan fingerprint density at radius 3 is 3.00 bits per heavy atom. The molecule has 0 aliphatic heterocycles. The summed E-state index contributed by atoms with van der Waals surface area (Å²) >= 11 is 3.31. The third-order valence-electron chi connectivity index (χ3n) is 2.79. The fraction of sp³-hybridized carbons (Fsp3) is 0.385. The van der Waals surface area contributed by atoms with Gasteiger partial charge in [0.2, 0.25) is 0 Å². The van der Waals surface area contributed by atoms with Crippen LogP contribution in [0.4, 0.5) is 4.39 Å². The number of hydrogen-bond acceptors (Lipinski definition) is 2. The van der Waals surface area contributed by atoms with E-state index in [2.05, 4.69) is 25.9 Å². The van der Waals surface area contributed by atoms with Crippen LogP contribution in [0.2, 0.25) is 0 Å². The van der Waals surface area contributed by atoms with E-state index in [0.29, 0.717) is 17.3 Å². The molecule has 0 bridgehead atoms. The number of unbranched alkanes of at least 4 members (excludes halogenated alkanes) is 1. The molecular formula is C13H14BrFN2O. The number of hydrogen-bond donors (Lipinski definition) is 1. The van der Waals surface area contributed by atoms with E-state index in [9.17, 15) is 9.18 Å². The van der Waals surface area contributed by atoms with Gasteiger partial charge < -0.3 is 4.98 Å².